The maximum atomic E-state index is 12.5. The van der Waals surface area contributed by atoms with Gasteiger partial charge in [0.05, 0.1) is 13.2 Å². The maximum Gasteiger partial charge on any atom is 0.256 e. The Morgan fingerprint density at radius 1 is 1.17 bits per heavy atom. The summed E-state index contributed by atoms with van der Waals surface area (Å²) in [5.41, 5.74) is 1.64. The Morgan fingerprint density at radius 3 is 2.50 bits per heavy atom. The summed E-state index contributed by atoms with van der Waals surface area (Å²) >= 11 is 0. The van der Waals surface area contributed by atoms with Gasteiger partial charge in [0.2, 0.25) is 5.88 Å². The molecule has 0 aliphatic heterocycles. The van der Waals surface area contributed by atoms with E-state index in [9.17, 15) is 4.79 Å². The number of rotatable bonds is 8. The average molecular weight is 327 g/mol. The number of benzene rings is 1. The molecule has 24 heavy (non-hydrogen) atoms. The quantitative estimate of drug-likeness (QED) is 0.810. The number of pyridine rings is 1. The van der Waals surface area contributed by atoms with Gasteiger partial charge < -0.3 is 10.1 Å². The highest BCUT2D eigenvalue weighted by molar-refractivity contribution is 5.96. The van der Waals surface area contributed by atoms with Crippen molar-refractivity contribution in [2.24, 2.45) is 0 Å². The van der Waals surface area contributed by atoms with Crippen molar-refractivity contribution in [3.8, 4) is 5.88 Å². The van der Waals surface area contributed by atoms with E-state index in [1.54, 1.807) is 18.3 Å². The third-order valence-corrected chi connectivity index (χ3v) is 4.10. The Hall–Kier alpha value is -2.40. The van der Waals surface area contributed by atoms with Crippen molar-refractivity contribution in [1.82, 2.24) is 15.2 Å². The van der Waals surface area contributed by atoms with Crippen molar-refractivity contribution >= 4 is 5.91 Å². The Labute approximate surface area is 143 Å². The predicted molar refractivity (Wildman–Crippen MR) is 95.2 cm³/mol. The van der Waals surface area contributed by atoms with Crippen molar-refractivity contribution in [2.45, 2.75) is 19.9 Å². The number of nitrogens with zero attached hydrogens (tertiary/aromatic N) is 2. The summed E-state index contributed by atoms with van der Waals surface area (Å²) in [6.07, 6.45) is 1.61. The predicted octanol–water partition coefficient (Wildman–Crippen LogP) is 2.90. The van der Waals surface area contributed by atoms with Crippen LogP contribution in [0.15, 0.2) is 48.7 Å². The highest BCUT2D eigenvalue weighted by atomic mass is 16.5. The van der Waals surface area contributed by atoms with E-state index >= 15 is 0 Å². The molecule has 0 aliphatic rings. The molecule has 1 atom stereocenters. The smallest absolute Gasteiger partial charge is 0.256 e. The number of methoxy groups -OCH3 is 1. The van der Waals surface area contributed by atoms with Crippen LogP contribution in [-0.2, 0) is 0 Å². The van der Waals surface area contributed by atoms with Crippen LogP contribution in [-0.4, -0.2) is 42.5 Å². The lowest BCUT2D eigenvalue weighted by Crippen LogP contribution is -2.38. The van der Waals surface area contributed by atoms with Gasteiger partial charge in [0.25, 0.3) is 5.91 Å². The topological polar surface area (TPSA) is 54.5 Å². The number of hydrogen-bond acceptors (Lipinski definition) is 4. The van der Waals surface area contributed by atoms with Crippen LogP contribution >= 0.6 is 0 Å². The fraction of sp³-hybridized carbons (Fsp3) is 0.368. The molecule has 1 unspecified atom stereocenters. The molecule has 5 nitrogen and oxygen atoms in total. The monoisotopic (exact) mass is 327 g/mol. The van der Waals surface area contributed by atoms with Gasteiger partial charge in [-0.2, -0.15) is 0 Å². The zero-order valence-corrected chi connectivity index (χ0v) is 14.5. The van der Waals surface area contributed by atoms with Gasteiger partial charge in [-0.3, -0.25) is 9.69 Å². The van der Waals surface area contributed by atoms with E-state index in [1.165, 1.54) is 12.7 Å². The molecule has 1 heterocycles. The van der Waals surface area contributed by atoms with E-state index in [-0.39, 0.29) is 11.9 Å². The van der Waals surface area contributed by atoms with E-state index in [2.05, 4.69) is 41.2 Å². The number of nitrogens with one attached hydrogen (secondary N) is 1. The lowest BCUT2D eigenvalue weighted by atomic mass is 10.0. The minimum atomic E-state index is -0.173. The first kappa shape index (κ1) is 17.9. The fourth-order valence-corrected chi connectivity index (χ4v) is 2.81. The summed E-state index contributed by atoms with van der Waals surface area (Å²) < 4.78 is 5.17. The highest BCUT2D eigenvalue weighted by Gasteiger charge is 2.20. The van der Waals surface area contributed by atoms with E-state index < -0.39 is 0 Å². The Balaban J connectivity index is 2.14. The number of carbonyl (C=O) groups excluding carboxylic acids is 1. The molecule has 0 radical (unpaired) electrons. The Morgan fingerprint density at radius 2 is 1.88 bits per heavy atom. The molecular weight excluding hydrogens is 302 g/mol. The van der Waals surface area contributed by atoms with Gasteiger partial charge >= 0.3 is 0 Å². The van der Waals surface area contributed by atoms with Gasteiger partial charge in [-0.25, -0.2) is 4.98 Å². The molecule has 0 aliphatic carbocycles. The van der Waals surface area contributed by atoms with E-state index in [4.69, 9.17) is 4.74 Å². The average Bonchev–Trinajstić information content (AvgIpc) is 2.65. The molecule has 0 saturated heterocycles. The molecule has 0 fully saturated rings. The summed E-state index contributed by atoms with van der Waals surface area (Å²) in [5, 5.41) is 3.02. The van der Waals surface area contributed by atoms with Crippen molar-refractivity contribution in [2.75, 3.05) is 26.7 Å². The van der Waals surface area contributed by atoms with Crippen molar-refractivity contribution in [3.63, 3.8) is 0 Å². The van der Waals surface area contributed by atoms with Gasteiger partial charge in [0, 0.05) is 12.7 Å². The summed E-state index contributed by atoms with van der Waals surface area (Å²) in [6.45, 7) is 6.63. The van der Waals surface area contributed by atoms with Crippen LogP contribution in [0.1, 0.15) is 35.8 Å². The summed E-state index contributed by atoms with van der Waals surface area (Å²) in [6, 6.07) is 13.8. The van der Waals surface area contributed by atoms with E-state index in [0.717, 1.165) is 13.1 Å². The zero-order valence-electron chi connectivity index (χ0n) is 14.5. The molecule has 0 spiro atoms. The van der Waals surface area contributed by atoms with Crippen LogP contribution in [0.2, 0.25) is 0 Å². The van der Waals surface area contributed by atoms with Crippen LogP contribution in [0, 0.1) is 0 Å². The lowest BCUT2D eigenvalue weighted by molar-refractivity contribution is 0.0931. The third kappa shape index (κ3) is 4.32. The molecule has 128 valence electrons. The van der Waals surface area contributed by atoms with Crippen LogP contribution < -0.4 is 10.1 Å². The largest absolute Gasteiger partial charge is 0.480 e. The van der Waals surface area contributed by atoms with Gasteiger partial charge in [-0.1, -0.05) is 44.2 Å². The molecule has 1 N–H and O–H groups in total. The Kier molecular flexibility index (Phi) is 6.75. The maximum absolute atomic E-state index is 12.5. The minimum Gasteiger partial charge on any atom is -0.480 e. The van der Waals surface area contributed by atoms with Gasteiger partial charge in [-0.15, -0.1) is 0 Å². The standard InChI is InChI=1S/C19H25N3O2/c1-4-22(5-2)17(15-10-7-6-8-11-15)14-21-18(23)16-12-9-13-20-19(16)24-3/h6-13,17H,4-5,14H2,1-3H3,(H,21,23). The first-order valence-corrected chi connectivity index (χ1v) is 8.27. The van der Waals surface area contributed by atoms with E-state index in [0.29, 0.717) is 18.0 Å². The first-order chi connectivity index (χ1) is 11.7. The SMILES string of the molecule is CCN(CC)C(CNC(=O)c1cccnc1OC)c1ccccc1. The van der Waals surface area contributed by atoms with Crippen LogP contribution in [0.5, 0.6) is 5.88 Å². The second-order valence-electron chi connectivity index (χ2n) is 5.42. The van der Waals surface area contributed by atoms with Crippen LogP contribution in [0.4, 0.5) is 0 Å². The number of hydrogen-bond donors (Lipinski definition) is 1. The number of aromatic nitrogens is 1. The summed E-state index contributed by atoms with van der Waals surface area (Å²) in [5.74, 6) is 0.169. The highest BCUT2D eigenvalue weighted by Crippen LogP contribution is 2.20. The minimum absolute atomic E-state index is 0.132. The zero-order chi connectivity index (χ0) is 17.4. The molecule has 2 aromatic rings. The number of amides is 1. The molecular formula is C19H25N3O2. The molecule has 2 rings (SSSR count). The lowest BCUT2D eigenvalue weighted by Gasteiger charge is -2.30. The van der Waals surface area contributed by atoms with Crippen LogP contribution in [0.3, 0.4) is 0 Å². The number of likely N-dealkylation sites (N-methyl/N-ethyl adjacent to an activating group) is 1. The molecule has 1 aromatic heterocycles. The second kappa shape index (κ2) is 9.03. The summed E-state index contributed by atoms with van der Waals surface area (Å²) in [7, 11) is 1.52. The normalized spacial score (nSPS) is 12.0. The van der Waals surface area contributed by atoms with Crippen LogP contribution in [0.25, 0.3) is 0 Å². The summed E-state index contributed by atoms with van der Waals surface area (Å²) in [4.78, 5) is 18.9. The van der Waals surface area contributed by atoms with Crippen molar-refractivity contribution < 1.29 is 9.53 Å². The second-order valence-corrected chi connectivity index (χ2v) is 5.42. The molecule has 0 bridgehead atoms. The van der Waals surface area contributed by atoms with Gasteiger partial charge in [0.1, 0.15) is 5.56 Å². The molecule has 0 saturated carbocycles. The van der Waals surface area contributed by atoms with Gasteiger partial charge in [0.15, 0.2) is 0 Å². The van der Waals surface area contributed by atoms with E-state index in [1.807, 2.05) is 18.2 Å². The van der Waals surface area contributed by atoms with Gasteiger partial charge in [-0.05, 0) is 30.8 Å². The number of carbonyl (C=O) groups is 1. The molecule has 1 aromatic carbocycles. The Bertz CT molecular complexity index is 642. The fourth-order valence-electron chi connectivity index (χ4n) is 2.81. The van der Waals surface area contributed by atoms with Crippen molar-refractivity contribution in [3.05, 3.63) is 59.8 Å². The third-order valence-electron chi connectivity index (χ3n) is 4.10. The molecule has 1 amide bonds. The van der Waals surface area contributed by atoms with Crippen molar-refractivity contribution in [1.29, 1.82) is 0 Å². The number of ether oxygens (including phenoxy) is 1. The first-order valence-electron chi connectivity index (χ1n) is 8.27. The molecule has 5 heteroatoms.